The third kappa shape index (κ3) is 1.41. The Morgan fingerprint density at radius 3 is 2.86 bits per heavy atom. The van der Waals surface area contributed by atoms with Crippen LogP contribution in [0.2, 0.25) is 0 Å². The van der Waals surface area contributed by atoms with E-state index in [1.54, 1.807) is 19.2 Å². The van der Waals surface area contributed by atoms with Crippen LogP contribution in [0.15, 0.2) is 12.2 Å². The van der Waals surface area contributed by atoms with E-state index in [1.807, 2.05) is 6.92 Å². The van der Waals surface area contributed by atoms with E-state index in [1.165, 1.54) is 12.0 Å². The minimum atomic E-state index is -0.899. The zero-order valence-corrected chi connectivity index (χ0v) is 8.74. The van der Waals surface area contributed by atoms with E-state index < -0.39 is 5.54 Å². The van der Waals surface area contributed by atoms with Crippen LogP contribution in [0.3, 0.4) is 0 Å². The first-order chi connectivity index (χ1) is 6.58. The van der Waals surface area contributed by atoms with Crippen LogP contribution < -0.4 is 0 Å². The number of carbonyl (C=O) groups excluding carboxylic acids is 2. The van der Waals surface area contributed by atoms with Gasteiger partial charge in [0, 0.05) is 13.5 Å². The van der Waals surface area contributed by atoms with Gasteiger partial charge in [-0.25, -0.2) is 4.79 Å². The summed E-state index contributed by atoms with van der Waals surface area (Å²) in [6.07, 6.45) is 4.36. The molecule has 1 rings (SSSR count). The van der Waals surface area contributed by atoms with Gasteiger partial charge in [-0.2, -0.15) is 0 Å². The van der Waals surface area contributed by atoms with Gasteiger partial charge in [-0.15, -0.1) is 0 Å². The minimum absolute atomic E-state index is 0.0558. The molecule has 1 heterocycles. The Hall–Kier alpha value is -1.32. The summed E-state index contributed by atoms with van der Waals surface area (Å²) < 4.78 is 4.72. The predicted octanol–water partition coefficient (Wildman–Crippen LogP) is 0.726. The van der Waals surface area contributed by atoms with Crippen LogP contribution in [-0.4, -0.2) is 36.5 Å². The summed E-state index contributed by atoms with van der Waals surface area (Å²) in [4.78, 5) is 24.5. The molecule has 0 aliphatic carbocycles. The number of esters is 1. The van der Waals surface area contributed by atoms with E-state index in [0.717, 1.165) is 0 Å². The Morgan fingerprint density at radius 2 is 2.36 bits per heavy atom. The lowest BCUT2D eigenvalue weighted by Crippen LogP contribution is -2.55. The van der Waals surface area contributed by atoms with Crippen LogP contribution in [0.4, 0.5) is 0 Å². The molecule has 0 spiro atoms. The summed E-state index contributed by atoms with van der Waals surface area (Å²) >= 11 is 0. The number of carbonyl (C=O) groups is 2. The topological polar surface area (TPSA) is 46.6 Å². The largest absolute Gasteiger partial charge is 0.467 e. The van der Waals surface area contributed by atoms with Crippen molar-refractivity contribution in [2.45, 2.75) is 25.3 Å². The van der Waals surface area contributed by atoms with Gasteiger partial charge in [0.2, 0.25) is 5.91 Å². The highest BCUT2D eigenvalue weighted by Crippen LogP contribution is 2.26. The zero-order valence-electron chi connectivity index (χ0n) is 8.74. The Morgan fingerprint density at radius 1 is 1.71 bits per heavy atom. The molecular weight excluding hydrogens is 182 g/mol. The van der Waals surface area contributed by atoms with Gasteiger partial charge in [-0.3, -0.25) is 4.79 Å². The van der Waals surface area contributed by atoms with Gasteiger partial charge in [-0.1, -0.05) is 19.1 Å². The second-order valence-corrected chi connectivity index (χ2v) is 3.33. The SMILES string of the molecule is CCC1(C(=O)OC)C=CCC(=O)N1C. The maximum absolute atomic E-state index is 11.6. The number of hydrogen-bond acceptors (Lipinski definition) is 3. The molecule has 0 aromatic carbocycles. The average Bonchev–Trinajstić information content (AvgIpc) is 2.21. The van der Waals surface area contributed by atoms with Crippen molar-refractivity contribution in [1.82, 2.24) is 4.90 Å². The second kappa shape index (κ2) is 3.82. The number of nitrogens with zero attached hydrogens (tertiary/aromatic N) is 1. The Bertz CT molecular complexity index is 285. The Kier molecular flexibility index (Phi) is 2.93. The Labute approximate surface area is 83.5 Å². The third-order valence-electron chi connectivity index (χ3n) is 2.74. The molecule has 14 heavy (non-hydrogen) atoms. The first-order valence-corrected chi connectivity index (χ1v) is 4.61. The number of amides is 1. The lowest BCUT2D eigenvalue weighted by molar-refractivity contribution is -0.157. The molecule has 4 heteroatoms. The fourth-order valence-corrected chi connectivity index (χ4v) is 1.71. The summed E-state index contributed by atoms with van der Waals surface area (Å²) in [5.41, 5.74) is -0.899. The molecule has 0 saturated carbocycles. The third-order valence-corrected chi connectivity index (χ3v) is 2.74. The van der Waals surface area contributed by atoms with E-state index in [4.69, 9.17) is 4.74 Å². The molecule has 1 amide bonds. The normalized spacial score (nSPS) is 26.5. The van der Waals surface area contributed by atoms with Gasteiger partial charge in [0.05, 0.1) is 7.11 Å². The van der Waals surface area contributed by atoms with E-state index in [0.29, 0.717) is 12.8 Å². The first-order valence-electron chi connectivity index (χ1n) is 4.61. The van der Waals surface area contributed by atoms with E-state index in [-0.39, 0.29) is 11.9 Å². The van der Waals surface area contributed by atoms with Gasteiger partial charge < -0.3 is 9.64 Å². The van der Waals surface area contributed by atoms with Gasteiger partial charge >= 0.3 is 5.97 Å². The molecular formula is C10H15NO3. The van der Waals surface area contributed by atoms with Crippen molar-refractivity contribution < 1.29 is 14.3 Å². The molecule has 0 saturated heterocycles. The van der Waals surface area contributed by atoms with Gasteiger partial charge in [-0.05, 0) is 6.42 Å². The van der Waals surface area contributed by atoms with Crippen molar-refractivity contribution in [3.8, 4) is 0 Å². The quantitative estimate of drug-likeness (QED) is 0.484. The van der Waals surface area contributed by atoms with Crippen LogP contribution in [0.1, 0.15) is 19.8 Å². The molecule has 4 nitrogen and oxygen atoms in total. The molecule has 1 atom stereocenters. The lowest BCUT2D eigenvalue weighted by Gasteiger charge is -2.38. The van der Waals surface area contributed by atoms with Crippen molar-refractivity contribution >= 4 is 11.9 Å². The summed E-state index contributed by atoms with van der Waals surface area (Å²) in [6.45, 7) is 1.86. The molecule has 0 bridgehead atoms. The summed E-state index contributed by atoms with van der Waals surface area (Å²) in [5.74, 6) is -0.438. The molecule has 0 fully saturated rings. The summed E-state index contributed by atoms with van der Waals surface area (Å²) in [5, 5.41) is 0. The van der Waals surface area contributed by atoms with E-state index >= 15 is 0 Å². The highest BCUT2D eigenvalue weighted by molar-refractivity contribution is 5.92. The van der Waals surface area contributed by atoms with E-state index in [2.05, 4.69) is 0 Å². The second-order valence-electron chi connectivity index (χ2n) is 3.33. The summed E-state index contributed by atoms with van der Waals surface area (Å²) in [6, 6.07) is 0. The van der Waals surface area contributed by atoms with Crippen molar-refractivity contribution in [2.75, 3.05) is 14.2 Å². The van der Waals surface area contributed by atoms with Crippen molar-refractivity contribution in [1.29, 1.82) is 0 Å². The molecule has 0 aromatic rings. The maximum atomic E-state index is 11.6. The number of hydrogen-bond donors (Lipinski definition) is 0. The van der Waals surface area contributed by atoms with Crippen LogP contribution in [-0.2, 0) is 14.3 Å². The number of rotatable bonds is 2. The lowest BCUT2D eigenvalue weighted by atomic mass is 9.90. The predicted molar refractivity (Wildman–Crippen MR) is 51.6 cm³/mol. The van der Waals surface area contributed by atoms with Crippen molar-refractivity contribution in [2.24, 2.45) is 0 Å². The number of likely N-dealkylation sites (N-methyl/N-ethyl adjacent to an activating group) is 1. The standard InChI is InChI=1S/C10H15NO3/c1-4-10(9(13)14-3)7-5-6-8(12)11(10)2/h5,7H,4,6H2,1-3H3. The smallest absolute Gasteiger partial charge is 0.335 e. The van der Waals surface area contributed by atoms with Crippen LogP contribution >= 0.6 is 0 Å². The van der Waals surface area contributed by atoms with Crippen LogP contribution in [0.25, 0.3) is 0 Å². The number of ether oxygens (including phenoxy) is 1. The summed E-state index contributed by atoms with van der Waals surface area (Å²) in [7, 11) is 2.97. The fourth-order valence-electron chi connectivity index (χ4n) is 1.71. The van der Waals surface area contributed by atoms with E-state index in [9.17, 15) is 9.59 Å². The first kappa shape index (κ1) is 10.8. The Balaban J connectivity index is 3.09. The molecule has 1 aliphatic rings. The van der Waals surface area contributed by atoms with Crippen LogP contribution in [0, 0.1) is 0 Å². The van der Waals surface area contributed by atoms with Gasteiger partial charge in [0.25, 0.3) is 0 Å². The average molecular weight is 197 g/mol. The molecule has 78 valence electrons. The number of methoxy groups -OCH3 is 1. The van der Waals surface area contributed by atoms with Crippen LogP contribution in [0.5, 0.6) is 0 Å². The molecule has 1 unspecified atom stereocenters. The molecule has 1 aliphatic heterocycles. The van der Waals surface area contributed by atoms with Gasteiger partial charge in [0.15, 0.2) is 5.54 Å². The highest BCUT2D eigenvalue weighted by atomic mass is 16.5. The monoisotopic (exact) mass is 197 g/mol. The maximum Gasteiger partial charge on any atom is 0.335 e. The van der Waals surface area contributed by atoms with Crippen molar-refractivity contribution in [3.05, 3.63) is 12.2 Å². The molecule has 0 radical (unpaired) electrons. The fraction of sp³-hybridized carbons (Fsp3) is 0.600. The highest BCUT2D eigenvalue weighted by Gasteiger charge is 2.43. The van der Waals surface area contributed by atoms with Crippen molar-refractivity contribution in [3.63, 3.8) is 0 Å². The van der Waals surface area contributed by atoms with Gasteiger partial charge in [0.1, 0.15) is 0 Å². The molecule has 0 aromatic heterocycles. The molecule has 0 N–H and O–H groups in total. The zero-order chi connectivity index (χ0) is 10.8. The minimum Gasteiger partial charge on any atom is -0.467 e.